The molecule has 5 heteroatoms. The fraction of sp³-hybridized carbons (Fsp3) is 1.00. The fourth-order valence-corrected chi connectivity index (χ4v) is 2.17. The molecular weight excluding hydrogens is 219 g/mol. The molecule has 2 nitrogen and oxygen atoms in total. The van der Waals surface area contributed by atoms with Gasteiger partial charge in [0.1, 0.15) is 0 Å². The van der Waals surface area contributed by atoms with Gasteiger partial charge in [0.25, 0.3) is 0 Å². The van der Waals surface area contributed by atoms with Crippen molar-refractivity contribution >= 4 is 0 Å². The van der Waals surface area contributed by atoms with Gasteiger partial charge in [-0.15, -0.1) is 0 Å². The van der Waals surface area contributed by atoms with Gasteiger partial charge in [0, 0.05) is 6.54 Å². The van der Waals surface area contributed by atoms with Crippen LogP contribution < -0.4 is 0 Å². The molecule has 1 aliphatic heterocycles. The van der Waals surface area contributed by atoms with Gasteiger partial charge in [-0.05, 0) is 32.4 Å². The smallest absolute Gasteiger partial charge is 0.391 e. The summed E-state index contributed by atoms with van der Waals surface area (Å²) in [5, 5.41) is 9.56. The highest BCUT2D eigenvalue weighted by Crippen LogP contribution is 2.34. The molecule has 16 heavy (non-hydrogen) atoms. The molecule has 0 aromatic carbocycles. The maximum Gasteiger partial charge on any atom is 0.391 e. The minimum Gasteiger partial charge on any atom is -0.392 e. The van der Waals surface area contributed by atoms with Crippen LogP contribution in [0.2, 0.25) is 0 Å². The van der Waals surface area contributed by atoms with Crippen molar-refractivity contribution in [2.75, 3.05) is 19.6 Å². The average molecular weight is 239 g/mol. The normalized spacial score (nSPS) is 22.3. The number of rotatable bonds is 4. The van der Waals surface area contributed by atoms with E-state index in [1.54, 1.807) is 0 Å². The number of hydrogen-bond donors (Lipinski definition) is 1. The molecule has 1 N–H and O–H groups in total. The van der Waals surface area contributed by atoms with Gasteiger partial charge < -0.3 is 10.0 Å². The number of halogens is 3. The summed E-state index contributed by atoms with van der Waals surface area (Å²) < 4.78 is 37.2. The topological polar surface area (TPSA) is 23.5 Å². The third-order valence-electron chi connectivity index (χ3n) is 3.14. The molecule has 0 aliphatic carbocycles. The first-order valence-corrected chi connectivity index (χ1v) is 5.90. The van der Waals surface area contributed by atoms with E-state index in [2.05, 4.69) is 0 Å². The maximum absolute atomic E-state index is 12.4. The maximum atomic E-state index is 12.4. The van der Waals surface area contributed by atoms with Crippen molar-refractivity contribution in [3.8, 4) is 0 Å². The summed E-state index contributed by atoms with van der Waals surface area (Å²) >= 11 is 0. The zero-order valence-corrected chi connectivity index (χ0v) is 9.63. The van der Waals surface area contributed by atoms with E-state index in [4.69, 9.17) is 0 Å². The van der Waals surface area contributed by atoms with Gasteiger partial charge in [0.15, 0.2) is 0 Å². The van der Waals surface area contributed by atoms with Crippen LogP contribution in [0.4, 0.5) is 13.2 Å². The molecule has 0 radical (unpaired) electrons. The lowest BCUT2D eigenvalue weighted by atomic mass is 9.96. The molecule has 0 amide bonds. The number of likely N-dealkylation sites (tertiary alicyclic amines) is 1. The van der Waals surface area contributed by atoms with Gasteiger partial charge in [0.05, 0.1) is 12.0 Å². The SMILES string of the molecule is CCCC(O)CN1CCC(C(F)(F)F)CC1. The van der Waals surface area contributed by atoms with Crippen molar-refractivity contribution < 1.29 is 18.3 Å². The van der Waals surface area contributed by atoms with Crippen molar-refractivity contribution in [3.05, 3.63) is 0 Å². The Balaban J connectivity index is 2.27. The number of nitrogens with zero attached hydrogens (tertiary/aromatic N) is 1. The summed E-state index contributed by atoms with van der Waals surface area (Å²) in [4.78, 5) is 1.93. The zero-order chi connectivity index (χ0) is 12.2. The van der Waals surface area contributed by atoms with Gasteiger partial charge in [0.2, 0.25) is 0 Å². The van der Waals surface area contributed by atoms with Crippen LogP contribution in [-0.4, -0.2) is 41.9 Å². The van der Waals surface area contributed by atoms with E-state index in [0.29, 0.717) is 19.6 Å². The number of piperidine rings is 1. The summed E-state index contributed by atoms with van der Waals surface area (Å²) in [5.74, 6) is -1.15. The fourth-order valence-electron chi connectivity index (χ4n) is 2.17. The molecule has 96 valence electrons. The molecular formula is C11H20F3NO. The lowest BCUT2D eigenvalue weighted by molar-refractivity contribution is -0.185. The molecule has 1 aliphatic rings. The molecule has 1 atom stereocenters. The summed E-state index contributed by atoms with van der Waals surface area (Å²) in [7, 11) is 0. The van der Waals surface area contributed by atoms with Gasteiger partial charge in [-0.2, -0.15) is 13.2 Å². The van der Waals surface area contributed by atoms with Crippen molar-refractivity contribution in [1.82, 2.24) is 4.90 Å². The minimum atomic E-state index is -4.05. The lowest BCUT2D eigenvalue weighted by Crippen LogP contribution is -2.42. The number of aliphatic hydroxyl groups excluding tert-OH is 1. The molecule has 0 saturated carbocycles. The monoisotopic (exact) mass is 239 g/mol. The molecule has 1 fully saturated rings. The predicted molar refractivity (Wildman–Crippen MR) is 56.1 cm³/mol. The average Bonchev–Trinajstić information content (AvgIpc) is 2.17. The Labute approximate surface area is 94.4 Å². The van der Waals surface area contributed by atoms with Crippen LogP contribution in [0.1, 0.15) is 32.6 Å². The standard InChI is InChI=1S/C11H20F3NO/c1-2-3-10(16)8-15-6-4-9(5-7-15)11(12,13)14/h9-10,16H,2-8H2,1H3. The number of aliphatic hydroxyl groups is 1. The predicted octanol–water partition coefficient (Wildman–Crippen LogP) is 2.42. The molecule has 0 aromatic heterocycles. The first-order chi connectivity index (χ1) is 7.43. The molecule has 1 rings (SSSR count). The van der Waals surface area contributed by atoms with E-state index in [-0.39, 0.29) is 12.8 Å². The third-order valence-corrected chi connectivity index (χ3v) is 3.14. The largest absolute Gasteiger partial charge is 0.392 e. The van der Waals surface area contributed by atoms with E-state index in [0.717, 1.165) is 12.8 Å². The quantitative estimate of drug-likeness (QED) is 0.814. The van der Waals surface area contributed by atoms with Crippen LogP contribution in [-0.2, 0) is 0 Å². The number of alkyl halides is 3. The Kier molecular flexibility index (Phi) is 5.05. The second kappa shape index (κ2) is 5.87. The van der Waals surface area contributed by atoms with E-state index in [1.807, 2.05) is 11.8 Å². The molecule has 1 saturated heterocycles. The van der Waals surface area contributed by atoms with Crippen LogP contribution in [0.3, 0.4) is 0 Å². The number of β-amino-alcohol motifs (C(OH)–C–C–N with tert-alkyl or cyclic N) is 1. The van der Waals surface area contributed by atoms with Crippen molar-refractivity contribution in [2.45, 2.75) is 44.9 Å². The minimum absolute atomic E-state index is 0.169. The Bertz CT molecular complexity index is 200. The first-order valence-electron chi connectivity index (χ1n) is 5.90. The number of hydrogen-bond acceptors (Lipinski definition) is 2. The van der Waals surface area contributed by atoms with Crippen molar-refractivity contribution in [1.29, 1.82) is 0 Å². The second-order valence-electron chi connectivity index (χ2n) is 4.56. The van der Waals surface area contributed by atoms with Crippen molar-refractivity contribution in [3.63, 3.8) is 0 Å². The highest BCUT2D eigenvalue weighted by atomic mass is 19.4. The molecule has 0 bridgehead atoms. The van der Waals surface area contributed by atoms with Gasteiger partial charge in [-0.1, -0.05) is 13.3 Å². The second-order valence-corrected chi connectivity index (χ2v) is 4.56. The van der Waals surface area contributed by atoms with Crippen LogP contribution in [0.25, 0.3) is 0 Å². The summed E-state index contributed by atoms with van der Waals surface area (Å²) in [6.07, 6.45) is -2.48. The highest BCUT2D eigenvalue weighted by Gasteiger charge is 2.41. The summed E-state index contributed by atoms with van der Waals surface area (Å²) in [5.41, 5.74) is 0. The van der Waals surface area contributed by atoms with Crippen LogP contribution >= 0.6 is 0 Å². The van der Waals surface area contributed by atoms with Crippen LogP contribution in [0.5, 0.6) is 0 Å². The molecule has 0 spiro atoms. The summed E-state index contributed by atoms with van der Waals surface area (Å²) in [6.45, 7) is 3.40. The van der Waals surface area contributed by atoms with Gasteiger partial charge >= 0.3 is 6.18 Å². The van der Waals surface area contributed by atoms with E-state index in [1.165, 1.54) is 0 Å². The van der Waals surface area contributed by atoms with E-state index in [9.17, 15) is 18.3 Å². The van der Waals surface area contributed by atoms with E-state index >= 15 is 0 Å². The highest BCUT2D eigenvalue weighted by molar-refractivity contribution is 4.78. The molecule has 1 heterocycles. The lowest BCUT2D eigenvalue weighted by Gasteiger charge is -2.33. The Morgan fingerprint density at radius 1 is 1.31 bits per heavy atom. The summed E-state index contributed by atoms with van der Waals surface area (Å²) in [6, 6.07) is 0. The molecule has 1 unspecified atom stereocenters. The van der Waals surface area contributed by atoms with Crippen molar-refractivity contribution in [2.24, 2.45) is 5.92 Å². The van der Waals surface area contributed by atoms with Gasteiger partial charge in [-0.25, -0.2) is 0 Å². The van der Waals surface area contributed by atoms with Crippen LogP contribution in [0, 0.1) is 5.92 Å². The Morgan fingerprint density at radius 2 is 1.88 bits per heavy atom. The zero-order valence-electron chi connectivity index (χ0n) is 9.63. The first kappa shape index (κ1) is 13.8. The Morgan fingerprint density at radius 3 is 2.31 bits per heavy atom. The Hall–Kier alpha value is -0.290. The van der Waals surface area contributed by atoms with E-state index < -0.39 is 18.2 Å². The third kappa shape index (κ3) is 4.29. The molecule has 0 aromatic rings. The van der Waals surface area contributed by atoms with Gasteiger partial charge in [-0.3, -0.25) is 0 Å². The van der Waals surface area contributed by atoms with Crippen LogP contribution in [0.15, 0.2) is 0 Å².